The molecule has 2 rings (SSSR count). The monoisotopic (exact) mass is 435 g/mol. The first-order valence-corrected chi connectivity index (χ1v) is 8.77. The number of amides is 2. The van der Waals surface area contributed by atoms with Crippen molar-refractivity contribution in [3.05, 3.63) is 81.0 Å². The lowest BCUT2D eigenvalue weighted by atomic mass is 10.1. The lowest BCUT2D eigenvalue weighted by Gasteiger charge is -2.14. The second-order valence-electron chi connectivity index (χ2n) is 6.28. The molecule has 0 bridgehead atoms. The van der Waals surface area contributed by atoms with E-state index in [2.05, 4.69) is 20.7 Å². The molecule has 0 saturated heterocycles. The van der Waals surface area contributed by atoms with Crippen molar-refractivity contribution in [3.8, 4) is 0 Å². The van der Waals surface area contributed by atoms with Gasteiger partial charge in [-0.3, -0.25) is 14.4 Å². The van der Waals surface area contributed by atoms with E-state index in [1.807, 2.05) is 0 Å². The summed E-state index contributed by atoms with van der Waals surface area (Å²) in [6.45, 7) is -0.323. The second kappa shape index (κ2) is 10.6. The number of benzene rings is 2. The minimum absolute atomic E-state index is 0.0856. The molecule has 2 amide bonds. The lowest BCUT2D eigenvalue weighted by molar-refractivity contribution is -0.137. The van der Waals surface area contributed by atoms with Gasteiger partial charge in [0.05, 0.1) is 12.0 Å². The number of carbonyl (C=O) groups excluding carboxylic acids is 2. The van der Waals surface area contributed by atoms with Crippen LogP contribution in [0.4, 0.5) is 13.2 Å². The highest BCUT2D eigenvalue weighted by atomic mass is 19.2. The number of azide groups is 1. The first-order valence-electron chi connectivity index (χ1n) is 8.77. The lowest BCUT2D eigenvalue weighted by Crippen LogP contribution is -2.38. The third-order valence-corrected chi connectivity index (χ3v) is 4.07. The summed E-state index contributed by atoms with van der Waals surface area (Å²) in [6, 6.07) is 6.33. The van der Waals surface area contributed by atoms with Crippen molar-refractivity contribution in [2.75, 3.05) is 6.54 Å². The fourth-order valence-electron chi connectivity index (χ4n) is 2.53. The van der Waals surface area contributed by atoms with Crippen LogP contribution in [0.5, 0.6) is 0 Å². The fourth-order valence-corrected chi connectivity index (χ4v) is 2.53. The number of hydrogen-bond donors (Lipinski definition) is 3. The zero-order chi connectivity index (χ0) is 23.0. The highest BCUT2D eigenvalue weighted by Gasteiger charge is 2.19. The van der Waals surface area contributed by atoms with Gasteiger partial charge in [0.2, 0.25) is 0 Å². The standard InChI is InChI=1S/C19H16F3N5O4/c20-14-6-5-13(16(21)17(14)22)19(31)24-8-10-1-3-11(4-2-10)18(30)26-12(7-15(28)29)9-25-27-23/h1-6,12H,7-9H2,(H,24,31)(H,26,30)(H,28,29)/t12-/m0/s1. The van der Waals surface area contributed by atoms with Gasteiger partial charge in [-0.15, -0.1) is 0 Å². The summed E-state index contributed by atoms with van der Waals surface area (Å²) in [6.07, 6.45) is -0.435. The first-order chi connectivity index (χ1) is 14.7. The Bertz CT molecular complexity index is 1040. The van der Waals surface area contributed by atoms with E-state index in [4.69, 9.17) is 10.6 Å². The van der Waals surface area contributed by atoms with Crippen LogP contribution < -0.4 is 10.6 Å². The van der Waals surface area contributed by atoms with E-state index in [1.54, 1.807) is 0 Å². The molecule has 0 unspecified atom stereocenters. The smallest absolute Gasteiger partial charge is 0.305 e. The third-order valence-electron chi connectivity index (χ3n) is 4.07. The topological polar surface area (TPSA) is 144 Å². The van der Waals surface area contributed by atoms with Crippen molar-refractivity contribution >= 4 is 17.8 Å². The fraction of sp³-hybridized carbons (Fsp3) is 0.211. The molecule has 12 heteroatoms. The molecule has 0 spiro atoms. The molecule has 0 aromatic heterocycles. The summed E-state index contributed by atoms with van der Waals surface area (Å²) >= 11 is 0. The summed E-state index contributed by atoms with van der Waals surface area (Å²) in [5.74, 6) is -7.48. The van der Waals surface area contributed by atoms with Gasteiger partial charge in [-0.25, -0.2) is 13.2 Å². The Balaban J connectivity index is 1.99. The number of nitrogens with zero attached hydrogens (tertiary/aromatic N) is 3. The molecule has 0 radical (unpaired) electrons. The van der Waals surface area contributed by atoms with Crippen LogP contribution in [0.15, 0.2) is 41.5 Å². The van der Waals surface area contributed by atoms with Gasteiger partial charge in [0.1, 0.15) is 0 Å². The number of carboxylic acids is 1. The Morgan fingerprint density at radius 2 is 1.71 bits per heavy atom. The van der Waals surface area contributed by atoms with Crippen molar-refractivity contribution in [2.45, 2.75) is 19.0 Å². The zero-order valence-electron chi connectivity index (χ0n) is 15.8. The summed E-state index contributed by atoms with van der Waals surface area (Å²) in [5.41, 5.74) is 8.39. The molecule has 2 aromatic carbocycles. The Kier molecular flexibility index (Phi) is 7.98. The minimum atomic E-state index is -1.75. The van der Waals surface area contributed by atoms with Crippen LogP contribution in [-0.2, 0) is 11.3 Å². The van der Waals surface area contributed by atoms with Crippen LogP contribution in [0.1, 0.15) is 32.7 Å². The zero-order valence-corrected chi connectivity index (χ0v) is 15.8. The van der Waals surface area contributed by atoms with Crippen molar-refractivity contribution in [1.29, 1.82) is 0 Å². The Morgan fingerprint density at radius 1 is 1.03 bits per heavy atom. The normalized spacial score (nSPS) is 11.2. The summed E-state index contributed by atoms with van der Waals surface area (Å²) in [5, 5.41) is 16.9. The van der Waals surface area contributed by atoms with Crippen molar-refractivity contribution in [2.24, 2.45) is 5.11 Å². The quantitative estimate of drug-likeness (QED) is 0.241. The number of aliphatic carboxylic acids is 1. The summed E-state index contributed by atoms with van der Waals surface area (Å²) < 4.78 is 39.8. The third kappa shape index (κ3) is 6.47. The number of carboxylic acid groups (broad SMARTS) is 1. The number of carbonyl (C=O) groups is 3. The van der Waals surface area contributed by atoms with Gasteiger partial charge in [-0.2, -0.15) is 0 Å². The molecule has 3 N–H and O–H groups in total. The molecule has 31 heavy (non-hydrogen) atoms. The predicted octanol–water partition coefficient (Wildman–Crippen LogP) is 2.92. The molecule has 0 aliphatic heterocycles. The van der Waals surface area contributed by atoms with Crippen LogP contribution in [0.3, 0.4) is 0 Å². The van der Waals surface area contributed by atoms with Gasteiger partial charge in [0.15, 0.2) is 17.5 Å². The minimum Gasteiger partial charge on any atom is -0.481 e. The van der Waals surface area contributed by atoms with Crippen LogP contribution in [0, 0.1) is 17.5 Å². The van der Waals surface area contributed by atoms with Gasteiger partial charge in [-0.05, 0) is 35.4 Å². The molecule has 162 valence electrons. The Morgan fingerprint density at radius 3 is 2.32 bits per heavy atom. The van der Waals surface area contributed by atoms with Crippen molar-refractivity contribution in [1.82, 2.24) is 10.6 Å². The van der Waals surface area contributed by atoms with Crippen LogP contribution >= 0.6 is 0 Å². The second-order valence-corrected chi connectivity index (χ2v) is 6.28. The van der Waals surface area contributed by atoms with Gasteiger partial charge in [0, 0.05) is 29.6 Å². The van der Waals surface area contributed by atoms with Crippen molar-refractivity contribution < 1.29 is 32.7 Å². The molecule has 0 aliphatic rings. The summed E-state index contributed by atoms with van der Waals surface area (Å²) in [7, 11) is 0. The van der Waals surface area contributed by atoms with Crippen LogP contribution in [-0.4, -0.2) is 35.5 Å². The molecule has 2 aromatic rings. The van der Waals surface area contributed by atoms with E-state index in [1.165, 1.54) is 24.3 Å². The van der Waals surface area contributed by atoms with Gasteiger partial charge in [0.25, 0.3) is 11.8 Å². The van der Waals surface area contributed by atoms with E-state index in [0.717, 1.165) is 6.07 Å². The average Bonchev–Trinajstić information content (AvgIpc) is 2.74. The van der Waals surface area contributed by atoms with Gasteiger partial charge < -0.3 is 15.7 Å². The maximum Gasteiger partial charge on any atom is 0.305 e. The van der Waals surface area contributed by atoms with Crippen LogP contribution in [0.25, 0.3) is 10.4 Å². The SMILES string of the molecule is [N-]=[N+]=NC[C@H](CC(=O)O)NC(=O)c1ccc(CNC(=O)c2ccc(F)c(F)c2F)cc1. The Labute approximate surface area is 173 Å². The molecule has 0 heterocycles. The van der Waals surface area contributed by atoms with E-state index in [9.17, 15) is 27.6 Å². The maximum absolute atomic E-state index is 13.7. The molecule has 9 nitrogen and oxygen atoms in total. The largest absolute Gasteiger partial charge is 0.481 e. The molecular formula is C19H16F3N5O4. The van der Waals surface area contributed by atoms with E-state index in [-0.39, 0.29) is 18.7 Å². The van der Waals surface area contributed by atoms with E-state index < -0.39 is 53.3 Å². The van der Waals surface area contributed by atoms with Crippen molar-refractivity contribution in [3.63, 3.8) is 0 Å². The number of halogens is 3. The highest BCUT2D eigenvalue weighted by Crippen LogP contribution is 2.15. The average molecular weight is 435 g/mol. The predicted molar refractivity (Wildman–Crippen MR) is 101 cm³/mol. The number of rotatable bonds is 9. The highest BCUT2D eigenvalue weighted by molar-refractivity contribution is 5.95. The number of nitrogens with one attached hydrogen (secondary N) is 2. The summed E-state index contributed by atoms with van der Waals surface area (Å²) in [4.78, 5) is 37.6. The maximum atomic E-state index is 13.7. The van der Waals surface area contributed by atoms with Crippen LogP contribution in [0.2, 0.25) is 0 Å². The first kappa shape index (κ1) is 23.2. The van der Waals surface area contributed by atoms with Gasteiger partial charge >= 0.3 is 5.97 Å². The van der Waals surface area contributed by atoms with Gasteiger partial charge in [-0.1, -0.05) is 17.2 Å². The molecule has 0 saturated carbocycles. The van der Waals surface area contributed by atoms with E-state index >= 15 is 0 Å². The molecule has 1 atom stereocenters. The molecule has 0 fully saturated rings. The van der Waals surface area contributed by atoms with E-state index in [0.29, 0.717) is 11.6 Å². The molecular weight excluding hydrogens is 419 g/mol. The Hall–Kier alpha value is -4.05. The molecule has 0 aliphatic carbocycles. The number of hydrogen-bond acceptors (Lipinski definition) is 4.